The number of hydrogen-bond acceptors (Lipinski definition) is 1. The van der Waals surface area contributed by atoms with E-state index in [0.717, 1.165) is 0 Å². The van der Waals surface area contributed by atoms with Crippen LogP contribution in [-0.2, 0) is 0 Å². The van der Waals surface area contributed by atoms with Crippen LogP contribution in [-0.4, -0.2) is 11.7 Å². The molecule has 11 heavy (non-hydrogen) atoms. The molecule has 0 aliphatic heterocycles. The van der Waals surface area contributed by atoms with Crippen molar-refractivity contribution >= 4 is 0 Å². The van der Waals surface area contributed by atoms with Crippen molar-refractivity contribution in [3.05, 3.63) is 11.6 Å². The average molecular weight is 154 g/mol. The minimum absolute atomic E-state index is 0.249. The molecule has 0 saturated carbocycles. The summed E-state index contributed by atoms with van der Waals surface area (Å²) in [6, 6.07) is 0. The highest BCUT2D eigenvalue weighted by molar-refractivity contribution is 5.18. The van der Waals surface area contributed by atoms with Crippen LogP contribution in [0.3, 0.4) is 0 Å². The Morgan fingerprint density at radius 2 is 2.09 bits per heavy atom. The third-order valence-electron chi connectivity index (χ3n) is 3.42. The van der Waals surface area contributed by atoms with Gasteiger partial charge in [0.1, 0.15) is 0 Å². The number of hydrogen-bond donors (Lipinski definition) is 1. The lowest BCUT2D eigenvalue weighted by Gasteiger charge is -2.31. The van der Waals surface area contributed by atoms with E-state index in [2.05, 4.69) is 33.8 Å². The fraction of sp³-hybridized carbons (Fsp3) is 0.800. The number of aliphatic hydroxyl groups excluding tert-OH is 1. The molecule has 0 radical (unpaired) electrons. The molecule has 1 rings (SSSR count). The largest absolute Gasteiger partial charge is 0.396 e. The van der Waals surface area contributed by atoms with Gasteiger partial charge in [0, 0.05) is 12.5 Å². The summed E-state index contributed by atoms with van der Waals surface area (Å²) in [4.78, 5) is 0. The van der Waals surface area contributed by atoms with Crippen molar-refractivity contribution < 1.29 is 5.11 Å². The Hall–Kier alpha value is -0.300. The second-order valence-corrected chi connectivity index (χ2v) is 4.24. The molecular weight excluding hydrogens is 136 g/mol. The van der Waals surface area contributed by atoms with Crippen LogP contribution in [0, 0.1) is 17.3 Å². The molecule has 2 atom stereocenters. The molecule has 0 fully saturated rings. The van der Waals surface area contributed by atoms with E-state index in [1.54, 1.807) is 0 Å². The van der Waals surface area contributed by atoms with Crippen LogP contribution < -0.4 is 0 Å². The first kappa shape index (κ1) is 8.79. The van der Waals surface area contributed by atoms with E-state index < -0.39 is 0 Å². The topological polar surface area (TPSA) is 20.2 Å². The predicted molar refractivity (Wildman–Crippen MR) is 47.3 cm³/mol. The second kappa shape index (κ2) is 2.63. The van der Waals surface area contributed by atoms with Gasteiger partial charge in [-0.2, -0.15) is 0 Å². The number of rotatable bonds is 1. The first-order chi connectivity index (χ1) is 5.00. The maximum Gasteiger partial charge on any atom is 0.0499 e. The van der Waals surface area contributed by atoms with E-state index in [4.69, 9.17) is 5.11 Å². The van der Waals surface area contributed by atoms with Crippen molar-refractivity contribution in [2.24, 2.45) is 17.3 Å². The zero-order chi connectivity index (χ0) is 8.65. The molecule has 0 spiro atoms. The van der Waals surface area contributed by atoms with Gasteiger partial charge in [0.15, 0.2) is 0 Å². The molecule has 1 nitrogen and oxygen atoms in total. The van der Waals surface area contributed by atoms with E-state index in [-0.39, 0.29) is 12.0 Å². The molecule has 0 amide bonds. The maximum atomic E-state index is 9.09. The summed E-state index contributed by atoms with van der Waals surface area (Å²) in [5, 5.41) is 9.09. The fourth-order valence-corrected chi connectivity index (χ4v) is 1.87. The lowest BCUT2D eigenvalue weighted by Crippen LogP contribution is -2.27. The van der Waals surface area contributed by atoms with Crippen molar-refractivity contribution in [1.82, 2.24) is 0 Å². The number of aliphatic hydroxyl groups is 1. The monoisotopic (exact) mass is 154 g/mol. The smallest absolute Gasteiger partial charge is 0.0499 e. The van der Waals surface area contributed by atoms with Crippen LogP contribution in [0.1, 0.15) is 27.7 Å². The normalized spacial score (nSPS) is 35.5. The molecule has 1 N–H and O–H groups in total. The Morgan fingerprint density at radius 1 is 1.55 bits per heavy atom. The Labute approximate surface area is 69.1 Å². The van der Waals surface area contributed by atoms with Crippen LogP contribution in [0.15, 0.2) is 11.6 Å². The molecule has 0 bridgehead atoms. The SMILES string of the molecule is CC1=C[C@H](CO)C(C)(C)[C@H]1C. The summed E-state index contributed by atoms with van der Waals surface area (Å²) < 4.78 is 0. The number of allylic oxidation sites excluding steroid dienone is 1. The van der Waals surface area contributed by atoms with Gasteiger partial charge < -0.3 is 5.11 Å². The molecule has 1 aliphatic carbocycles. The molecule has 0 aromatic heterocycles. The van der Waals surface area contributed by atoms with Crippen molar-refractivity contribution in [2.45, 2.75) is 27.7 Å². The minimum atomic E-state index is 0.249. The van der Waals surface area contributed by atoms with Crippen molar-refractivity contribution in [2.75, 3.05) is 6.61 Å². The molecule has 1 aliphatic rings. The van der Waals surface area contributed by atoms with Crippen molar-refractivity contribution in [3.8, 4) is 0 Å². The fourth-order valence-electron chi connectivity index (χ4n) is 1.87. The van der Waals surface area contributed by atoms with E-state index in [0.29, 0.717) is 11.8 Å². The first-order valence-corrected chi connectivity index (χ1v) is 4.29. The summed E-state index contributed by atoms with van der Waals surface area (Å²) in [5.74, 6) is 0.970. The molecule has 64 valence electrons. The summed E-state index contributed by atoms with van der Waals surface area (Å²) >= 11 is 0. The third-order valence-corrected chi connectivity index (χ3v) is 3.42. The van der Waals surface area contributed by atoms with E-state index >= 15 is 0 Å². The van der Waals surface area contributed by atoms with Crippen LogP contribution in [0.4, 0.5) is 0 Å². The van der Waals surface area contributed by atoms with Gasteiger partial charge >= 0.3 is 0 Å². The van der Waals surface area contributed by atoms with Gasteiger partial charge in [-0.1, -0.05) is 32.4 Å². The van der Waals surface area contributed by atoms with Crippen LogP contribution in [0.25, 0.3) is 0 Å². The summed E-state index contributed by atoms with van der Waals surface area (Å²) in [5.41, 5.74) is 1.67. The lowest BCUT2D eigenvalue weighted by atomic mass is 9.74. The van der Waals surface area contributed by atoms with E-state index in [9.17, 15) is 0 Å². The van der Waals surface area contributed by atoms with Crippen LogP contribution >= 0.6 is 0 Å². The summed E-state index contributed by atoms with van der Waals surface area (Å²) in [6.45, 7) is 9.13. The van der Waals surface area contributed by atoms with Crippen molar-refractivity contribution in [3.63, 3.8) is 0 Å². The third kappa shape index (κ3) is 1.22. The van der Waals surface area contributed by atoms with Crippen LogP contribution in [0.5, 0.6) is 0 Å². The quantitative estimate of drug-likeness (QED) is 0.574. The zero-order valence-electron chi connectivity index (χ0n) is 7.89. The highest BCUT2D eigenvalue weighted by Crippen LogP contribution is 2.45. The molecular formula is C10H18O. The Kier molecular flexibility index (Phi) is 2.10. The van der Waals surface area contributed by atoms with E-state index in [1.807, 2.05) is 0 Å². The Morgan fingerprint density at radius 3 is 2.27 bits per heavy atom. The Bertz CT molecular complexity index is 179. The van der Waals surface area contributed by atoms with Gasteiger partial charge in [0.2, 0.25) is 0 Å². The summed E-state index contributed by atoms with van der Waals surface area (Å²) in [6.07, 6.45) is 2.21. The molecule has 1 heteroatoms. The minimum Gasteiger partial charge on any atom is -0.396 e. The highest BCUT2D eigenvalue weighted by Gasteiger charge is 2.38. The molecule has 0 heterocycles. The van der Waals surface area contributed by atoms with Crippen LogP contribution in [0.2, 0.25) is 0 Å². The van der Waals surface area contributed by atoms with Gasteiger partial charge in [-0.15, -0.1) is 0 Å². The standard InChI is InChI=1S/C10H18O/c1-7-5-9(6-11)10(3,4)8(7)2/h5,8-9,11H,6H2,1-4H3/t8-,9+/m0/s1. The first-order valence-electron chi connectivity index (χ1n) is 4.29. The zero-order valence-corrected chi connectivity index (χ0v) is 7.89. The summed E-state index contributed by atoms with van der Waals surface area (Å²) in [7, 11) is 0. The van der Waals surface area contributed by atoms with Gasteiger partial charge in [-0.25, -0.2) is 0 Å². The predicted octanol–water partition coefficient (Wildman–Crippen LogP) is 2.22. The molecule has 0 aromatic rings. The highest BCUT2D eigenvalue weighted by atomic mass is 16.3. The van der Waals surface area contributed by atoms with Crippen molar-refractivity contribution in [1.29, 1.82) is 0 Å². The Balaban J connectivity index is 2.85. The maximum absolute atomic E-state index is 9.09. The lowest BCUT2D eigenvalue weighted by molar-refractivity contribution is 0.134. The van der Waals surface area contributed by atoms with Gasteiger partial charge in [0.05, 0.1) is 0 Å². The molecule has 0 saturated heterocycles. The van der Waals surface area contributed by atoms with Gasteiger partial charge in [-0.3, -0.25) is 0 Å². The van der Waals surface area contributed by atoms with Gasteiger partial charge in [-0.05, 0) is 18.3 Å². The second-order valence-electron chi connectivity index (χ2n) is 4.24. The van der Waals surface area contributed by atoms with Gasteiger partial charge in [0.25, 0.3) is 0 Å². The average Bonchev–Trinajstić information content (AvgIpc) is 2.13. The van der Waals surface area contributed by atoms with E-state index in [1.165, 1.54) is 5.57 Å². The molecule has 0 aromatic carbocycles. The molecule has 0 unspecified atom stereocenters.